The van der Waals surface area contributed by atoms with Crippen LogP contribution in [0.3, 0.4) is 0 Å². The predicted octanol–water partition coefficient (Wildman–Crippen LogP) is 1.66. The monoisotopic (exact) mass is 207 g/mol. The molecule has 1 saturated heterocycles. The van der Waals surface area contributed by atoms with E-state index in [0.29, 0.717) is 11.8 Å². The van der Waals surface area contributed by atoms with Crippen LogP contribution in [-0.4, -0.2) is 24.4 Å². The highest BCUT2D eigenvalue weighted by atomic mass is 16.5. The van der Waals surface area contributed by atoms with E-state index in [4.69, 9.17) is 9.84 Å². The van der Waals surface area contributed by atoms with Gasteiger partial charge >= 0.3 is 0 Å². The largest absolute Gasteiger partial charge is 0.508 e. The van der Waals surface area contributed by atoms with Gasteiger partial charge < -0.3 is 15.2 Å². The first-order valence-electron chi connectivity index (χ1n) is 5.43. The first-order chi connectivity index (χ1) is 7.34. The van der Waals surface area contributed by atoms with Gasteiger partial charge in [0.15, 0.2) is 0 Å². The van der Waals surface area contributed by atoms with Crippen molar-refractivity contribution in [3.05, 3.63) is 29.8 Å². The molecule has 3 heteroatoms. The fraction of sp³-hybridized carbons (Fsp3) is 0.500. The van der Waals surface area contributed by atoms with Gasteiger partial charge in [0.25, 0.3) is 0 Å². The Bertz CT molecular complexity index is 291. The van der Waals surface area contributed by atoms with Crippen molar-refractivity contribution in [3.8, 4) is 5.75 Å². The Morgan fingerprint density at radius 1 is 1.33 bits per heavy atom. The van der Waals surface area contributed by atoms with E-state index in [0.717, 1.165) is 26.2 Å². The molecule has 0 saturated carbocycles. The molecule has 1 aromatic carbocycles. The van der Waals surface area contributed by atoms with Gasteiger partial charge in [0.05, 0.1) is 6.61 Å². The number of phenols is 1. The second-order valence-electron chi connectivity index (χ2n) is 3.96. The van der Waals surface area contributed by atoms with Crippen molar-refractivity contribution in [2.24, 2.45) is 0 Å². The molecule has 1 atom stereocenters. The Balaban J connectivity index is 1.79. The van der Waals surface area contributed by atoms with Crippen molar-refractivity contribution < 1.29 is 9.84 Å². The zero-order valence-corrected chi connectivity index (χ0v) is 8.78. The van der Waals surface area contributed by atoms with Gasteiger partial charge in [-0.1, -0.05) is 12.1 Å². The van der Waals surface area contributed by atoms with Gasteiger partial charge in [-0.25, -0.2) is 0 Å². The number of nitrogens with one attached hydrogen (secondary N) is 1. The lowest BCUT2D eigenvalue weighted by Crippen LogP contribution is -2.36. The average molecular weight is 207 g/mol. The van der Waals surface area contributed by atoms with Gasteiger partial charge in [0.1, 0.15) is 5.75 Å². The van der Waals surface area contributed by atoms with E-state index in [1.54, 1.807) is 12.1 Å². The number of hydrogen-bond acceptors (Lipinski definition) is 3. The highest BCUT2D eigenvalue weighted by Gasteiger charge is 2.12. The molecule has 1 fully saturated rings. The average Bonchev–Trinajstić information content (AvgIpc) is 2.30. The van der Waals surface area contributed by atoms with Crippen LogP contribution in [0, 0.1) is 0 Å². The van der Waals surface area contributed by atoms with Crippen LogP contribution < -0.4 is 5.32 Å². The highest BCUT2D eigenvalue weighted by Crippen LogP contribution is 2.11. The second kappa shape index (κ2) is 5.14. The molecular weight excluding hydrogens is 190 g/mol. The fourth-order valence-electron chi connectivity index (χ4n) is 1.78. The molecule has 82 valence electrons. The Labute approximate surface area is 90.1 Å². The molecule has 1 unspecified atom stereocenters. The summed E-state index contributed by atoms with van der Waals surface area (Å²) in [6.07, 6.45) is 2.34. The lowest BCUT2D eigenvalue weighted by atomic mass is 10.1. The summed E-state index contributed by atoms with van der Waals surface area (Å²) < 4.78 is 5.39. The summed E-state index contributed by atoms with van der Waals surface area (Å²) >= 11 is 0. The van der Waals surface area contributed by atoms with Crippen molar-refractivity contribution in [2.45, 2.75) is 25.4 Å². The van der Waals surface area contributed by atoms with E-state index in [1.165, 1.54) is 12.0 Å². The van der Waals surface area contributed by atoms with Crippen molar-refractivity contribution >= 4 is 0 Å². The molecule has 1 aliphatic rings. The molecule has 1 heterocycles. The third-order valence-electron chi connectivity index (χ3n) is 2.69. The lowest BCUT2D eigenvalue weighted by molar-refractivity contribution is 0.0699. The van der Waals surface area contributed by atoms with Crippen LogP contribution in [0.15, 0.2) is 24.3 Å². The summed E-state index contributed by atoms with van der Waals surface area (Å²) in [6, 6.07) is 7.79. The molecule has 2 rings (SSSR count). The van der Waals surface area contributed by atoms with Gasteiger partial charge in [-0.2, -0.15) is 0 Å². The molecule has 0 spiro atoms. The first-order valence-corrected chi connectivity index (χ1v) is 5.43. The Hall–Kier alpha value is -1.06. The van der Waals surface area contributed by atoms with E-state index >= 15 is 0 Å². The van der Waals surface area contributed by atoms with Crippen LogP contribution >= 0.6 is 0 Å². The van der Waals surface area contributed by atoms with Crippen LogP contribution in [0.4, 0.5) is 0 Å². The third kappa shape index (κ3) is 3.22. The van der Waals surface area contributed by atoms with Crippen LogP contribution in [-0.2, 0) is 11.3 Å². The van der Waals surface area contributed by atoms with Crippen molar-refractivity contribution in [1.29, 1.82) is 0 Å². The van der Waals surface area contributed by atoms with Crippen molar-refractivity contribution in [1.82, 2.24) is 5.32 Å². The quantitative estimate of drug-likeness (QED) is 0.792. The topological polar surface area (TPSA) is 41.5 Å². The molecule has 0 bridgehead atoms. The van der Waals surface area contributed by atoms with E-state index in [2.05, 4.69) is 5.32 Å². The van der Waals surface area contributed by atoms with E-state index in [9.17, 15) is 0 Å². The number of hydrogen-bond donors (Lipinski definition) is 2. The highest BCUT2D eigenvalue weighted by molar-refractivity contribution is 5.25. The summed E-state index contributed by atoms with van der Waals surface area (Å²) in [7, 11) is 0. The molecule has 2 N–H and O–H groups in total. The summed E-state index contributed by atoms with van der Waals surface area (Å²) in [4.78, 5) is 0. The van der Waals surface area contributed by atoms with Gasteiger partial charge in [-0.3, -0.25) is 0 Å². The molecule has 3 nitrogen and oxygen atoms in total. The predicted molar refractivity (Wildman–Crippen MR) is 58.8 cm³/mol. The maximum Gasteiger partial charge on any atom is 0.115 e. The summed E-state index contributed by atoms with van der Waals surface area (Å²) in [5, 5.41) is 12.6. The molecular formula is C12H17NO2. The normalized spacial score (nSPS) is 21.5. The molecule has 1 aromatic rings. The van der Waals surface area contributed by atoms with Crippen molar-refractivity contribution in [2.75, 3.05) is 13.2 Å². The smallest absolute Gasteiger partial charge is 0.115 e. The molecule has 0 amide bonds. The third-order valence-corrected chi connectivity index (χ3v) is 2.69. The summed E-state index contributed by atoms with van der Waals surface area (Å²) in [5.41, 5.74) is 1.19. The van der Waals surface area contributed by atoms with Gasteiger partial charge in [-0.15, -0.1) is 0 Å². The maximum absolute atomic E-state index is 9.13. The van der Waals surface area contributed by atoms with E-state index < -0.39 is 0 Å². The minimum Gasteiger partial charge on any atom is -0.508 e. The maximum atomic E-state index is 9.13. The van der Waals surface area contributed by atoms with Crippen LogP contribution in [0.1, 0.15) is 18.4 Å². The Morgan fingerprint density at radius 2 is 2.13 bits per heavy atom. The summed E-state index contributed by atoms with van der Waals surface area (Å²) in [6.45, 7) is 2.56. The summed E-state index contributed by atoms with van der Waals surface area (Å²) in [5.74, 6) is 0.319. The Morgan fingerprint density at radius 3 is 2.80 bits per heavy atom. The number of ether oxygens (including phenoxy) is 1. The zero-order chi connectivity index (χ0) is 10.5. The zero-order valence-electron chi connectivity index (χ0n) is 8.78. The van der Waals surface area contributed by atoms with E-state index in [1.807, 2.05) is 12.1 Å². The minimum absolute atomic E-state index is 0.319. The molecule has 0 aliphatic carbocycles. The second-order valence-corrected chi connectivity index (χ2v) is 3.96. The van der Waals surface area contributed by atoms with E-state index in [-0.39, 0.29) is 0 Å². The number of rotatable bonds is 3. The van der Waals surface area contributed by atoms with Gasteiger partial charge in [0.2, 0.25) is 0 Å². The Kier molecular flexibility index (Phi) is 3.59. The molecule has 1 aliphatic heterocycles. The van der Waals surface area contributed by atoms with Crippen molar-refractivity contribution in [3.63, 3.8) is 0 Å². The number of phenolic OH excluding ortho intramolecular Hbond substituents is 1. The molecule has 0 radical (unpaired) electrons. The minimum atomic E-state index is 0.319. The molecule has 0 aromatic heterocycles. The van der Waals surface area contributed by atoms with Crippen LogP contribution in [0.2, 0.25) is 0 Å². The van der Waals surface area contributed by atoms with Gasteiger partial charge in [-0.05, 0) is 30.5 Å². The fourth-order valence-corrected chi connectivity index (χ4v) is 1.78. The van der Waals surface area contributed by atoms with Crippen LogP contribution in [0.5, 0.6) is 5.75 Å². The standard InChI is InChI=1S/C12H17NO2/c14-12-5-3-10(4-6-12)8-13-11-2-1-7-15-9-11/h3-6,11,13-14H,1-2,7-9H2. The lowest BCUT2D eigenvalue weighted by Gasteiger charge is -2.23. The number of aromatic hydroxyl groups is 1. The first kappa shape index (κ1) is 10.5. The SMILES string of the molecule is Oc1ccc(CNC2CCCOC2)cc1. The number of benzene rings is 1. The van der Waals surface area contributed by atoms with Gasteiger partial charge in [0, 0.05) is 19.2 Å². The molecule has 15 heavy (non-hydrogen) atoms. The van der Waals surface area contributed by atoms with Crippen LogP contribution in [0.25, 0.3) is 0 Å².